The van der Waals surface area contributed by atoms with Crippen molar-refractivity contribution in [3.8, 4) is 17.3 Å². The number of aromatic amines is 1. The zero-order valence-electron chi connectivity index (χ0n) is 13.8. The fourth-order valence-corrected chi connectivity index (χ4v) is 3.00. The van der Waals surface area contributed by atoms with E-state index in [-0.39, 0.29) is 5.56 Å². The second kappa shape index (κ2) is 6.22. The van der Waals surface area contributed by atoms with Crippen LogP contribution in [0.25, 0.3) is 22.0 Å². The molecule has 26 heavy (non-hydrogen) atoms. The average Bonchev–Trinajstić information content (AvgIpc) is 3.06. The number of fused-ring (bicyclic) bond motifs is 1. The van der Waals surface area contributed by atoms with E-state index in [1.54, 1.807) is 24.4 Å². The Morgan fingerprint density at radius 3 is 2.65 bits per heavy atom. The minimum absolute atomic E-state index is 0.204. The predicted molar refractivity (Wildman–Crippen MR) is 100 cm³/mol. The summed E-state index contributed by atoms with van der Waals surface area (Å²) in [5, 5.41) is 10.5. The summed E-state index contributed by atoms with van der Waals surface area (Å²) in [5.41, 5.74) is 8.70. The van der Waals surface area contributed by atoms with E-state index in [4.69, 9.17) is 5.73 Å². The van der Waals surface area contributed by atoms with Gasteiger partial charge in [0.1, 0.15) is 0 Å². The van der Waals surface area contributed by atoms with Crippen LogP contribution in [0.15, 0.2) is 65.7 Å². The number of nitriles is 1. The molecule has 0 spiro atoms. The molecule has 126 valence electrons. The van der Waals surface area contributed by atoms with Gasteiger partial charge >= 0.3 is 0 Å². The highest BCUT2D eigenvalue weighted by molar-refractivity contribution is 5.89. The van der Waals surface area contributed by atoms with Crippen molar-refractivity contribution in [2.24, 2.45) is 0 Å². The molecule has 0 radical (unpaired) electrons. The lowest BCUT2D eigenvalue weighted by atomic mass is 10.0. The maximum atomic E-state index is 12.4. The van der Waals surface area contributed by atoms with Crippen molar-refractivity contribution >= 4 is 16.7 Å². The third kappa shape index (κ3) is 2.72. The number of hydrogen-bond acceptors (Lipinski definition) is 4. The number of nitrogens with zero attached hydrogens (tertiary/aromatic N) is 3. The van der Waals surface area contributed by atoms with Crippen molar-refractivity contribution in [2.75, 3.05) is 5.73 Å². The van der Waals surface area contributed by atoms with Crippen LogP contribution in [-0.4, -0.2) is 14.5 Å². The van der Waals surface area contributed by atoms with Crippen LogP contribution in [0.4, 0.5) is 5.95 Å². The third-order valence-corrected chi connectivity index (χ3v) is 4.37. The van der Waals surface area contributed by atoms with E-state index in [9.17, 15) is 10.1 Å². The largest absolute Gasteiger partial charge is 0.369 e. The van der Waals surface area contributed by atoms with Gasteiger partial charge in [-0.2, -0.15) is 5.26 Å². The van der Waals surface area contributed by atoms with Gasteiger partial charge in [-0.25, -0.2) is 4.98 Å². The SMILES string of the molecule is N#Cc1cccc2c(=O)[nH]c(-c3ccc(Cn4ccnc4N)cc3)cc12. The Labute approximate surface area is 149 Å². The van der Waals surface area contributed by atoms with Crippen molar-refractivity contribution in [1.82, 2.24) is 14.5 Å². The first-order valence-electron chi connectivity index (χ1n) is 8.08. The number of hydrogen-bond donors (Lipinski definition) is 2. The van der Waals surface area contributed by atoms with Gasteiger partial charge in [0.05, 0.1) is 18.2 Å². The first-order valence-corrected chi connectivity index (χ1v) is 8.08. The molecule has 2 heterocycles. The molecule has 0 bridgehead atoms. The van der Waals surface area contributed by atoms with Crippen molar-refractivity contribution < 1.29 is 0 Å². The molecule has 3 N–H and O–H groups in total. The lowest BCUT2D eigenvalue weighted by molar-refractivity contribution is 0.811. The van der Waals surface area contributed by atoms with Crippen LogP contribution in [0.3, 0.4) is 0 Å². The number of pyridine rings is 1. The van der Waals surface area contributed by atoms with Crippen molar-refractivity contribution in [3.63, 3.8) is 0 Å². The lowest BCUT2D eigenvalue weighted by Crippen LogP contribution is -2.08. The summed E-state index contributed by atoms with van der Waals surface area (Å²) in [6, 6.07) is 17.0. The van der Waals surface area contributed by atoms with Crippen LogP contribution < -0.4 is 11.3 Å². The molecule has 4 aromatic rings. The monoisotopic (exact) mass is 341 g/mol. The predicted octanol–water partition coefficient (Wildman–Crippen LogP) is 2.89. The summed E-state index contributed by atoms with van der Waals surface area (Å²) in [6.07, 6.45) is 3.49. The summed E-state index contributed by atoms with van der Waals surface area (Å²) >= 11 is 0. The lowest BCUT2D eigenvalue weighted by Gasteiger charge is -2.08. The van der Waals surface area contributed by atoms with Gasteiger partial charge in [-0.05, 0) is 29.3 Å². The van der Waals surface area contributed by atoms with Crippen LogP contribution in [0.2, 0.25) is 0 Å². The molecule has 0 aliphatic carbocycles. The number of nitrogens with one attached hydrogen (secondary N) is 1. The van der Waals surface area contributed by atoms with Gasteiger partial charge in [-0.1, -0.05) is 30.3 Å². The highest BCUT2D eigenvalue weighted by atomic mass is 16.1. The van der Waals surface area contributed by atoms with Crippen LogP contribution >= 0.6 is 0 Å². The van der Waals surface area contributed by atoms with Crippen molar-refractivity contribution in [3.05, 3.63) is 82.4 Å². The molecule has 0 unspecified atom stereocenters. The molecule has 0 aliphatic heterocycles. The Bertz CT molecular complexity index is 1200. The van der Waals surface area contributed by atoms with E-state index in [0.717, 1.165) is 11.1 Å². The zero-order chi connectivity index (χ0) is 18.1. The van der Waals surface area contributed by atoms with Gasteiger partial charge in [0, 0.05) is 28.9 Å². The molecule has 0 amide bonds. The quantitative estimate of drug-likeness (QED) is 0.598. The molecule has 4 rings (SSSR count). The molecular weight excluding hydrogens is 326 g/mol. The molecule has 0 aliphatic rings. The minimum atomic E-state index is -0.204. The summed E-state index contributed by atoms with van der Waals surface area (Å²) in [7, 11) is 0. The maximum absolute atomic E-state index is 12.4. The number of benzene rings is 2. The first-order chi connectivity index (χ1) is 12.7. The standard InChI is InChI=1S/C20H15N5O/c21-11-15-2-1-3-16-17(15)10-18(24-19(16)26)14-6-4-13(5-7-14)12-25-9-8-23-20(25)22/h1-10H,12H2,(H2,22,23)(H,24,26). The fraction of sp³-hybridized carbons (Fsp3) is 0.0500. The maximum Gasteiger partial charge on any atom is 0.256 e. The Balaban J connectivity index is 1.73. The summed E-state index contributed by atoms with van der Waals surface area (Å²) in [6.45, 7) is 0.624. The van der Waals surface area contributed by atoms with Gasteiger partial charge in [0.25, 0.3) is 5.56 Å². The highest BCUT2D eigenvalue weighted by Gasteiger charge is 2.08. The molecule has 0 fully saturated rings. The van der Waals surface area contributed by atoms with Gasteiger partial charge in [-0.15, -0.1) is 0 Å². The summed E-state index contributed by atoms with van der Waals surface area (Å²) in [4.78, 5) is 19.3. The van der Waals surface area contributed by atoms with Crippen molar-refractivity contribution in [2.45, 2.75) is 6.54 Å². The number of nitrogens with two attached hydrogens (primary N) is 1. The molecule has 6 nitrogen and oxygen atoms in total. The second-order valence-electron chi connectivity index (χ2n) is 6.00. The summed E-state index contributed by atoms with van der Waals surface area (Å²) in [5.74, 6) is 0.469. The Morgan fingerprint density at radius 2 is 1.96 bits per heavy atom. The smallest absolute Gasteiger partial charge is 0.256 e. The number of imidazole rings is 1. The molecule has 0 saturated heterocycles. The number of aromatic nitrogens is 3. The molecule has 2 aromatic carbocycles. The number of H-pyrrole nitrogens is 1. The van der Waals surface area contributed by atoms with Crippen LogP contribution in [-0.2, 0) is 6.54 Å². The van der Waals surface area contributed by atoms with E-state index in [1.807, 2.05) is 41.1 Å². The topological polar surface area (TPSA) is 100 Å². The van der Waals surface area contributed by atoms with Gasteiger partial charge in [0.15, 0.2) is 5.95 Å². The Hall–Kier alpha value is -3.85. The zero-order valence-corrected chi connectivity index (χ0v) is 13.8. The van der Waals surface area contributed by atoms with E-state index in [1.165, 1.54) is 0 Å². The molecule has 0 atom stereocenters. The first kappa shape index (κ1) is 15.7. The van der Waals surface area contributed by atoms with E-state index < -0.39 is 0 Å². The normalized spacial score (nSPS) is 10.7. The van der Waals surface area contributed by atoms with Crippen LogP contribution in [0, 0.1) is 11.3 Å². The number of nitrogen functional groups attached to an aromatic ring is 1. The average molecular weight is 341 g/mol. The molecule has 2 aromatic heterocycles. The fourth-order valence-electron chi connectivity index (χ4n) is 3.00. The number of rotatable bonds is 3. The second-order valence-corrected chi connectivity index (χ2v) is 6.00. The van der Waals surface area contributed by atoms with Crippen LogP contribution in [0.1, 0.15) is 11.1 Å². The molecule has 0 saturated carbocycles. The Morgan fingerprint density at radius 1 is 1.15 bits per heavy atom. The van der Waals surface area contributed by atoms with Crippen LogP contribution in [0.5, 0.6) is 0 Å². The molecular formula is C20H15N5O. The van der Waals surface area contributed by atoms with E-state index >= 15 is 0 Å². The minimum Gasteiger partial charge on any atom is -0.369 e. The highest BCUT2D eigenvalue weighted by Crippen LogP contribution is 2.23. The molecule has 6 heteroatoms. The third-order valence-electron chi connectivity index (χ3n) is 4.37. The number of anilines is 1. The van der Waals surface area contributed by atoms with Crippen molar-refractivity contribution in [1.29, 1.82) is 5.26 Å². The van der Waals surface area contributed by atoms with E-state index in [2.05, 4.69) is 16.0 Å². The summed E-state index contributed by atoms with van der Waals surface area (Å²) < 4.78 is 1.85. The van der Waals surface area contributed by atoms with E-state index in [0.29, 0.717) is 34.5 Å². The van der Waals surface area contributed by atoms with Gasteiger partial charge in [-0.3, -0.25) is 4.79 Å². The van der Waals surface area contributed by atoms with Gasteiger partial charge in [0.2, 0.25) is 0 Å². The van der Waals surface area contributed by atoms with Gasteiger partial charge < -0.3 is 15.3 Å². The Kier molecular flexibility index (Phi) is 3.75.